The molecule has 0 spiro atoms. The zero-order valence-corrected chi connectivity index (χ0v) is 18.0. The van der Waals surface area contributed by atoms with E-state index in [-0.39, 0.29) is 29.0 Å². The van der Waals surface area contributed by atoms with Crippen molar-refractivity contribution in [1.29, 1.82) is 0 Å². The molecule has 0 bridgehead atoms. The summed E-state index contributed by atoms with van der Waals surface area (Å²) in [5, 5.41) is 21.8. The average molecular weight is 417 g/mol. The zero-order chi connectivity index (χ0) is 21.5. The number of ether oxygens (including phenoxy) is 2. The minimum atomic E-state index is -1.40. The van der Waals surface area contributed by atoms with E-state index in [1.165, 1.54) is 0 Å². The average Bonchev–Trinajstić information content (AvgIpc) is 3.15. The molecule has 0 aromatic heterocycles. The second-order valence-corrected chi connectivity index (χ2v) is 10.4. The number of fused-ring (bicyclic) bond motifs is 7. The predicted molar refractivity (Wildman–Crippen MR) is 108 cm³/mol. The van der Waals surface area contributed by atoms with Crippen molar-refractivity contribution in [2.75, 3.05) is 0 Å². The van der Waals surface area contributed by atoms with Gasteiger partial charge in [-0.05, 0) is 56.1 Å². The Kier molecular flexibility index (Phi) is 4.42. The fourth-order valence-electron chi connectivity index (χ4n) is 7.87. The number of ketones is 1. The van der Waals surface area contributed by atoms with Gasteiger partial charge in [-0.15, -0.1) is 0 Å². The molecule has 5 rings (SSSR count). The first-order valence-corrected chi connectivity index (χ1v) is 11.4. The van der Waals surface area contributed by atoms with Crippen molar-refractivity contribution < 1.29 is 29.3 Å². The number of carbonyl (C=O) groups is 2. The van der Waals surface area contributed by atoms with Crippen LogP contribution in [-0.4, -0.2) is 46.1 Å². The van der Waals surface area contributed by atoms with Crippen LogP contribution >= 0.6 is 0 Å². The zero-order valence-electron chi connectivity index (χ0n) is 18.0. The number of rotatable bonds is 3. The highest BCUT2D eigenvalue weighted by molar-refractivity contribution is 6.01. The predicted octanol–water partition coefficient (Wildman–Crippen LogP) is 3.24. The Morgan fingerprint density at radius 1 is 1.33 bits per heavy atom. The Bertz CT molecular complexity index is 847. The molecule has 164 valence electrons. The van der Waals surface area contributed by atoms with Crippen LogP contribution in [0.4, 0.5) is 0 Å². The van der Waals surface area contributed by atoms with Crippen molar-refractivity contribution in [2.24, 2.45) is 28.6 Å². The highest BCUT2D eigenvalue weighted by atomic mass is 16.7. The molecule has 1 heterocycles. The highest BCUT2D eigenvalue weighted by Gasteiger charge is 2.76. The Hall–Kier alpha value is -1.50. The summed E-state index contributed by atoms with van der Waals surface area (Å²) in [6, 6.07) is 0. The van der Waals surface area contributed by atoms with Crippen LogP contribution < -0.4 is 0 Å². The number of carboxylic acids is 1. The molecule has 5 aliphatic rings. The minimum absolute atomic E-state index is 0.0139. The molecule has 30 heavy (non-hydrogen) atoms. The number of aliphatic hydroxyl groups is 1. The Labute approximate surface area is 177 Å². The molecule has 1 aliphatic heterocycles. The van der Waals surface area contributed by atoms with Crippen molar-refractivity contribution in [3.63, 3.8) is 0 Å². The van der Waals surface area contributed by atoms with Crippen LogP contribution in [0.2, 0.25) is 0 Å². The van der Waals surface area contributed by atoms with Gasteiger partial charge in [-0.3, -0.25) is 4.79 Å². The van der Waals surface area contributed by atoms with Crippen molar-refractivity contribution in [3.05, 3.63) is 23.8 Å². The van der Waals surface area contributed by atoms with Gasteiger partial charge in [0.2, 0.25) is 0 Å². The molecule has 0 aromatic rings. The van der Waals surface area contributed by atoms with E-state index in [9.17, 15) is 19.8 Å². The first kappa shape index (κ1) is 20.4. The van der Waals surface area contributed by atoms with Crippen LogP contribution in [0.3, 0.4) is 0 Å². The maximum Gasteiger partial charge on any atom is 0.339 e. The second-order valence-electron chi connectivity index (χ2n) is 10.4. The lowest BCUT2D eigenvalue weighted by atomic mass is 9.46. The van der Waals surface area contributed by atoms with Crippen LogP contribution in [0.25, 0.3) is 0 Å². The van der Waals surface area contributed by atoms with Gasteiger partial charge in [-0.1, -0.05) is 38.8 Å². The van der Waals surface area contributed by atoms with Crippen LogP contribution in [0.5, 0.6) is 0 Å². The Morgan fingerprint density at radius 3 is 2.80 bits per heavy atom. The summed E-state index contributed by atoms with van der Waals surface area (Å²) in [4.78, 5) is 24.6. The molecule has 0 unspecified atom stereocenters. The van der Waals surface area contributed by atoms with Gasteiger partial charge < -0.3 is 19.7 Å². The summed E-state index contributed by atoms with van der Waals surface area (Å²) >= 11 is 0. The van der Waals surface area contributed by atoms with E-state index in [0.29, 0.717) is 19.3 Å². The third-order valence-electron chi connectivity index (χ3n) is 9.13. The SMILES string of the molecule is CCC[C@H]1O[C@@H]2C[C@@H]3[C@H]4CCC5=CC(=O)C=C[C@]5(C)[C@@H]4[C@@H](O)C[C@]3(C)[C@@]2(C(=O)O)O1. The van der Waals surface area contributed by atoms with E-state index >= 15 is 0 Å². The molecule has 9 atom stereocenters. The van der Waals surface area contributed by atoms with E-state index < -0.39 is 35.5 Å². The molecule has 6 heteroatoms. The van der Waals surface area contributed by atoms with E-state index in [4.69, 9.17) is 9.47 Å². The number of aliphatic hydroxyl groups excluding tert-OH is 1. The topological polar surface area (TPSA) is 93.1 Å². The monoisotopic (exact) mass is 416 g/mol. The maximum absolute atomic E-state index is 12.7. The fourth-order valence-corrected chi connectivity index (χ4v) is 7.87. The summed E-state index contributed by atoms with van der Waals surface area (Å²) in [5.41, 5.74) is -1.37. The molecule has 1 saturated heterocycles. The van der Waals surface area contributed by atoms with E-state index in [1.807, 2.05) is 19.9 Å². The Morgan fingerprint density at radius 2 is 2.10 bits per heavy atom. The summed E-state index contributed by atoms with van der Waals surface area (Å²) in [5.74, 6) is -0.722. The fraction of sp³-hybridized carbons (Fsp3) is 0.750. The summed E-state index contributed by atoms with van der Waals surface area (Å²) in [7, 11) is 0. The van der Waals surface area contributed by atoms with E-state index in [1.54, 1.807) is 12.2 Å². The lowest BCUT2D eigenvalue weighted by Gasteiger charge is -2.59. The molecule has 0 aromatic carbocycles. The van der Waals surface area contributed by atoms with Crippen LogP contribution in [0, 0.1) is 28.6 Å². The molecule has 0 radical (unpaired) electrons. The molecule has 2 N–H and O–H groups in total. The summed E-state index contributed by atoms with van der Waals surface area (Å²) < 4.78 is 12.4. The molecule has 3 saturated carbocycles. The molecular formula is C24H32O6. The first-order chi connectivity index (χ1) is 14.2. The smallest absolute Gasteiger partial charge is 0.339 e. The van der Waals surface area contributed by atoms with Crippen molar-refractivity contribution in [1.82, 2.24) is 0 Å². The molecule has 0 amide bonds. The highest BCUT2D eigenvalue weighted by Crippen LogP contribution is 2.69. The maximum atomic E-state index is 12.7. The van der Waals surface area contributed by atoms with Gasteiger partial charge in [-0.2, -0.15) is 0 Å². The number of hydrogen-bond acceptors (Lipinski definition) is 5. The van der Waals surface area contributed by atoms with Gasteiger partial charge in [-0.25, -0.2) is 4.79 Å². The molecular weight excluding hydrogens is 384 g/mol. The number of carbonyl (C=O) groups excluding carboxylic acids is 1. The van der Waals surface area contributed by atoms with Gasteiger partial charge in [0.1, 0.15) is 6.10 Å². The number of carboxylic acid groups (broad SMARTS) is 1. The second kappa shape index (κ2) is 6.50. The van der Waals surface area contributed by atoms with Crippen LogP contribution in [-0.2, 0) is 19.1 Å². The molecule has 4 fully saturated rings. The molecule has 4 aliphatic carbocycles. The van der Waals surface area contributed by atoms with E-state index in [2.05, 4.69) is 6.92 Å². The van der Waals surface area contributed by atoms with Crippen molar-refractivity contribution >= 4 is 11.8 Å². The van der Waals surface area contributed by atoms with Crippen molar-refractivity contribution in [2.45, 2.75) is 83.4 Å². The van der Waals surface area contributed by atoms with Crippen LogP contribution in [0.15, 0.2) is 23.8 Å². The normalized spacial score (nSPS) is 51.6. The summed E-state index contributed by atoms with van der Waals surface area (Å²) in [6.45, 7) is 6.15. The van der Waals surface area contributed by atoms with Gasteiger partial charge >= 0.3 is 5.97 Å². The van der Waals surface area contributed by atoms with Gasteiger partial charge in [0.15, 0.2) is 17.7 Å². The number of aliphatic carboxylic acids is 1. The van der Waals surface area contributed by atoms with Crippen molar-refractivity contribution in [3.8, 4) is 0 Å². The minimum Gasteiger partial charge on any atom is -0.479 e. The van der Waals surface area contributed by atoms with E-state index in [0.717, 1.165) is 24.8 Å². The summed E-state index contributed by atoms with van der Waals surface area (Å²) in [6.07, 6.45) is 7.90. The number of allylic oxidation sites excluding steroid dienone is 4. The number of hydrogen-bond donors (Lipinski definition) is 2. The molecule has 6 nitrogen and oxygen atoms in total. The van der Waals surface area contributed by atoms with Gasteiger partial charge in [0.25, 0.3) is 0 Å². The Balaban J connectivity index is 1.55. The first-order valence-electron chi connectivity index (χ1n) is 11.4. The standard InChI is InChI=1S/C24H32O6/c1-4-5-19-29-18-11-16-15-7-6-13-10-14(25)8-9-22(13,2)20(15)17(26)12-23(16,3)24(18,30-19)21(27)28/h8-10,15-20,26H,4-7,11-12H2,1-3H3,(H,27,28)/t15-,16-,17+,18-,19+,20+,22+,23+,24-/m1/s1. The van der Waals surface area contributed by atoms with Crippen LogP contribution in [0.1, 0.15) is 59.3 Å². The quantitative estimate of drug-likeness (QED) is 0.734. The third kappa shape index (κ3) is 2.36. The van der Waals surface area contributed by atoms with Gasteiger partial charge in [0, 0.05) is 16.7 Å². The lowest BCUT2D eigenvalue weighted by Crippen LogP contribution is -2.63. The third-order valence-corrected chi connectivity index (χ3v) is 9.13. The lowest BCUT2D eigenvalue weighted by molar-refractivity contribution is -0.210. The largest absolute Gasteiger partial charge is 0.479 e. The van der Waals surface area contributed by atoms with Gasteiger partial charge in [0.05, 0.1) is 6.10 Å².